The van der Waals surface area contributed by atoms with Crippen LogP contribution in [0, 0.1) is 5.92 Å². The molecule has 2 N–H and O–H groups in total. The Labute approximate surface area is 101 Å². The maximum Gasteiger partial charge on any atom is 0.0126 e. The molecule has 0 aromatic rings. The van der Waals surface area contributed by atoms with Crippen LogP contribution in [-0.4, -0.2) is 54.1 Å². The van der Waals surface area contributed by atoms with E-state index in [4.69, 9.17) is 5.73 Å². The second-order valence-corrected chi connectivity index (χ2v) is 6.15. The molecular formula is C13H29N3. The number of nitrogens with two attached hydrogens (primary N) is 1. The minimum Gasteiger partial charge on any atom is -0.330 e. The Kier molecular flexibility index (Phi) is 4.77. The Bertz CT molecular complexity index is 202. The lowest BCUT2D eigenvalue weighted by molar-refractivity contribution is 0.0349. The van der Waals surface area contributed by atoms with Crippen molar-refractivity contribution >= 4 is 0 Å². The van der Waals surface area contributed by atoms with Gasteiger partial charge >= 0.3 is 0 Å². The molecule has 2 unspecified atom stereocenters. The first kappa shape index (κ1) is 13.9. The molecule has 0 bridgehead atoms. The molecule has 0 saturated carbocycles. The van der Waals surface area contributed by atoms with Gasteiger partial charge in [0.2, 0.25) is 0 Å². The van der Waals surface area contributed by atoms with Gasteiger partial charge in [-0.25, -0.2) is 0 Å². The van der Waals surface area contributed by atoms with E-state index in [0.29, 0.717) is 17.5 Å². The van der Waals surface area contributed by atoms with Gasteiger partial charge in [-0.3, -0.25) is 9.80 Å². The van der Waals surface area contributed by atoms with E-state index >= 15 is 0 Å². The zero-order chi connectivity index (χ0) is 12.3. The zero-order valence-corrected chi connectivity index (χ0v) is 11.7. The van der Waals surface area contributed by atoms with Gasteiger partial charge in [-0.05, 0) is 40.2 Å². The summed E-state index contributed by atoms with van der Waals surface area (Å²) in [5.74, 6) is 0.598. The number of piperazine rings is 1. The summed E-state index contributed by atoms with van der Waals surface area (Å²) >= 11 is 0. The van der Waals surface area contributed by atoms with Crippen LogP contribution in [0.25, 0.3) is 0 Å². The third kappa shape index (κ3) is 3.44. The van der Waals surface area contributed by atoms with E-state index in [1.807, 2.05) is 0 Å². The van der Waals surface area contributed by atoms with Crippen molar-refractivity contribution in [2.45, 2.75) is 46.2 Å². The van der Waals surface area contributed by atoms with Crippen LogP contribution in [0.5, 0.6) is 0 Å². The molecule has 1 saturated heterocycles. The molecule has 1 aliphatic heterocycles. The summed E-state index contributed by atoms with van der Waals surface area (Å²) in [4.78, 5) is 5.16. The fourth-order valence-corrected chi connectivity index (χ4v) is 2.36. The van der Waals surface area contributed by atoms with Crippen molar-refractivity contribution in [1.29, 1.82) is 0 Å². The van der Waals surface area contributed by atoms with E-state index in [2.05, 4.69) is 44.4 Å². The van der Waals surface area contributed by atoms with Crippen molar-refractivity contribution in [1.82, 2.24) is 9.80 Å². The molecule has 1 rings (SSSR count). The second-order valence-electron chi connectivity index (χ2n) is 6.15. The van der Waals surface area contributed by atoms with E-state index < -0.39 is 0 Å². The highest BCUT2D eigenvalue weighted by Gasteiger charge is 2.28. The molecule has 0 aromatic carbocycles. The highest BCUT2D eigenvalue weighted by Crippen LogP contribution is 2.18. The largest absolute Gasteiger partial charge is 0.330 e. The minimum atomic E-state index is 0.314. The van der Waals surface area contributed by atoms with Crippen LogP contribution in [-0.2, 0) is 0 Å². The normalized spacial score (nSPS) is 24.4. The van der Waals surface area contributed by atoms with E-state index in [1.165, 1.54) is 26.2 Å². The van der Waals surface area contributed by atoms with Gasteiger partial charge in [0.15, 0.2) is 0 Å². The number of hydrogen-bond donors (Lipinski definition) is 1. The summed E-state index contributed by atoms with van der Waals surface area (Å²) in [6, 6.07) is 0.618. The molecule has 0 aromatic heterocycles. The van der Waals surface area contributed by atoms with Gasteiger partial charge in [0.05, 0.1) is 0 Å². The van der Waals surface area contributed by atoms with Crippen molar-refractivity contribution < 1.29 is 0 Å². The number of rotatable bonds is 3. The smallest absolute Gasteiger partial charge is 0.0126 e. The van der Waals surface area contributed by atoms with Gasteiger partial charge < -0.3 is 5.73 Å². The van der Waals surface area contributed by atoms with Crippen LogP contribution < -0.4 is 5.73 Å². The molecule has 0 spiro atoms. The third-order valence-corrected chi connectivity index (χ3v) is 4.03. The van der Waals surface area contributed by atoms with Crippen LogP contribution in [0.15, 0.2) is 0 Å². The van der Waals surface area contributed by atoms with Crippen molar-refractivity contribution in [3.63, 3.8) is 0 Å². The lowest BCUT2D eigenvalue weighted by Gasteiger charge is -2.45. The summed E-state index contributed by atoms with van der Waals surface area (Å²) in [6.45, 7) is 17.0. The van der Waals surface area contributed by atoms with Gasteiger partial charge in [-0.2, -0.15) is 0 Å². The molecule has 0 aliphatic carbocycles. The Morgan fingerprint density at radius 1 is 1.06 bits per heavy atom. The quantitative estimate of drug-likeness (QED) is 0.791. The summed E-state index contributed by atoms with van der Waals surface area (Å²) in [5.41, 5.74) is 6.05. The standard InChI is InChI=1S/C13H29N3/c1-11(10-14)12(2)15-6-8-16(9-7-15)13(3,4)5/h11-12H,6-10,14H2,1-5H3. The fraction of sp³-hybridized carbons (Fsp3) is 1.00. The molecule has 1 fully saturated rings. The van der Waals surface area contributed by atoms with E-state index in [1.54, 1.807) is 0 Å². The van der Waals surface area contributed by atoms with Crippen LogP contribution in [0.3, 0.4) is 0 Å². The monoisotopic (exact) mass is 227 g/mol. The first-order valence-corrected chi connectivity index (χ1v) is 6.55. The third-order valence-electron chi connectivity index (χ3n) is 4.03. The lowest BCUT2D eigenvalue weighted by atomic mass is 10.00. The van der Waals surface area contributed by atoms with Gasteiger partial charge in [0.1, 0.15) is 0 Å². The van der Waals surface area contributed by atoms with Crippen LogP contribution in [0.1, 0.15) is 34.6 Å². The van der Waals surface area contributed by atoms with Crippen LogP contribution in [0.2, 0.25) is 0 Å². The Hall–Kier alpha value is -0.120. The number of nitrogens with zero attached hydrogens (tertiary/aromatic N) is 2. The first-order chi connectivity index (χ1) is 7.36. The number of hydrogen-bond acceptors (Lipinski definition) is 3. The topological polar surface area (TPSA) is 32.5 Å². The van der Waals surface area contributed by atoms with Crippen molar-refractivity contribution in [2.24, 2.45) is 11.7 Å². The van der Waals surface area contributed by atoms with Crippen molar-refractivity contribution in [3.05, 3.63) is 0 Å². The predicted octanol–water partition coefficient (Wildman–Crippen LogP) is 1.39. The zero-order valence-electron chi connectivity index (χ0n) is 11.7. The van der Waals surface area contributed by atoms with Crippen LogP contribution in [0.4, 0.5) is 0 Å². The Morgan fingerprint density at radius 3 is 1.94 bits per heavy atom. The van der Waals surface area contributed by atoms with Gasteiger partial charge in [-0.1, -0.05) is 6.92 Å². The summed E-state index contributed by atoms with van der Waals surface area (Å²) in [6.07, 6.45) is 0. The highest BCUT2D eigenvalue weighted by molar-refractivity contribution is 4.84. The summed E-state index contributed by atoms with van der Waals surface area (Å²) in [5, 5.41) is 0. The fourth-order valence-electron chi connectivity index (χ4n) is 2.36. The molecule has 3 nitrogen and oxygen atoms in total. The predicted molar refractivity (Wildman–Crippen MR) is 70.6 cm³/mol. The van der Waals surface area contributed by atoms with E-state index in [9.17, 15) is 0 Å². The maximum absolute atomic E-state index is 5.74. The average molecular weight is 227 g/mol. The average Bonchev–Trinajstić information content (AvgIpc) is 2.26. The summed E-state index contributed by atoms with van der Waals surface area (Å²) < 4.78 is 0. The highest BCUT2D eigenvalue weighted by atomic mass is 15.3. The minimum absolute atomic E-state index is 0.314. The summed E-state index contributed by atoms with van der Waals surface area (Å²) in [7, 11) is 0. The SMILES string of the molecule is CC(CN)C(C)N1CCN(C(C)(C)C)CC1. The molecule has 1 heterocycles. The van der Waals surface area contributed by atoms with Crippen molar-refractivity contribution in [3.8, 4) is 0 Å². The van der Waals surface area contributed by atoms with Gasteiger partial charge in [0.25, 0.3) is 0 Å². The lowest BCUT2D eigenvalue weighted by Crippen LogP contribution is -2.56. The molecular weight excluding hydrogens is 198 g/mol. The van der Waals surface area contributed by atoms with Gasteiger partial charge in [-0.15, -0.1) is 0 Å². The van der Waals surface area contributed by atoms with Crippen LogP contribution >= 0.6 is 0 Å². The molecule has 0 amide bonds. The molecule has 96 valence electrons. The van der Waals surface area contributed by atoms with E-state index in [0.717, 1.165) is 6.54 Å². The maximum atomic E-state index is 5.74. The molecule has 2 atom stereocenters. The van der Waals surface area contributed by atoms with Crippen molar-refractivity contribution in [2.75, 3.05) is 32.7 Å². The Morgan fingerprint density at radius 2 is 1.56 bits per heavy atom. The first-order valence-electron chi connectivity index (χ1n) is 6.55. The molecule has 1 aliphatic rings. The molecule has 16 heavy (non-hydrogen) atoms. The molecule has 3 heteroatoms. The second kappa shape index (κ2) is 5.48. The Balaban J connectivity index is 2.43. The van der Waals surface area contributed by atoms with E-state index in [-0.39, 0.29) is 0 Å². The molecule has 0 radical (unpaired) electrons. The van der Waals surface area contributed by atoms with Gasteiger partial charge in [0, 0.05) is 37.8 Å².